The maximum atomic E-state index is 12.9. The Labute approximate surface area is 132 Å². The fourth-order valence-corrected chi connectivity index (χ4v) is 2.84. The normalized spacial score (nSPS) is 11.8. The number of hydrogen-bond donors (Lipinski definition) is 0. The molecule has 3 aromatic rings. The van der Waals surface area contributed by atoms with E-state index in [1.807, 2.05) is 0 Å². The molecular weight excluding hydrogens is 332 g/mol. The molecule has 0 aliphatic carbocycles. The molecular formula is C15H8ClF2NO2S. The third kappa shape index (κ3) is 3.28. The molecule has 1 aromatic heterocycles. The number of para-hydroxylation sites is 1. The fourth-order valence-electron chi connectivity index (χ4n) is 1.97. The van der Waals surface area contributed by atoms with Gasteiger partial charge in [-0.15, -0.1) is 0 Å². The SMILES string of the molecule is O=c1oc(-c2cccc(SC(F)(F)Cl)c2)nc2ccccc12. The Bertz CT molecular complexity index is 892. The molecule has 3 rings (SSSR count). The van der Waals surface area contributed by atoms with E-state index in [9.17, 15) is 13.6 Å². The third-order valence-electron chi connectivity index (χ3n) is 2.85. The zero-order valence-electron chi connectivity index (χ0n) is 10.9. The molecule has 0 unspecified atom stereocenters. The lowest BCUT2D eigenvalue weighted by Crippen LogP contribution is -2.02. The molecule has 0 radical (unpaired) electrons. The van der Waals surface area contributed by atoms with Gasteiger partial charge in [0.25, 0.3) is 0 Å². The van der Waals surface area contributed by atoms with Gasteiger partial charge >= 0.3 is 10.3 Å². The van der Waals surface area contributed by atoms with Crippen LogP contribution >= 0.6 is 23.4 Å². The number of rotatable bonds is 3. The first-order valence-electron chi connectivity index (χ1n) is 6.18. The van der Waals surface area contributed by atoms with Crippen LogP contribution in [0.3, 0.4) is 0 Å². The molecule has 3 nitrogen and oxygen atoms in total. The monoisotopic (exact) mass is 339 g/mol. The van der Waals surface area contributed by atoms with E-state index in [1.165, 1.54) is 12.1 Å². The van der Waals surface area contributed by atoms with Crippen molar-refractivity contribution >= 4 is 34.3 Å². The van der Waals surface area contributed by atoms with Gasteiger partial charge < -0.3 is 4.42 Å². The van der Waals surface area contributed by atoms with Crippen LogP contribution in [0.2, 0.25) is 0 Å². The molecule has 0 aliphatic heterocycles. The van der Waals surface area contributed by atoms with Gasteiger partial charge in [0.2, 0.25) is 5.89 Å². The predicted octanol–water partition coefficient (Wildman–Crippen LogP) is 4.74. The van der Waals surface area contributed by atoms with Gasteiger partial charge in [-0.1, -0.05) is 18.2 Å². The van der Waals surface area contributed by atoms with Crippen molar-refractivity contribution in [2.24, 2.45) is 0 Å². The van der Waals surface area contributed by atoms with Crippen LogP contribution in [0.1, 0.15) is 0 Å². The average Bonchev–Trinajstić information content (AvgIpc) is 2.46. The highest BCUT2D eigenvalue weighted by atomic mass is 35.5. The molecule has 22 heavy (non-hydrogen) atoms. The highest BCUT2D eigenvalue weighted by molar-refractivity contribution is 8.01. The van der Waals surface area contributed by atoms with Crippen molar-refractivity contribution in [3.05, 3.63) is 59.0 Å². The van der Waals surface area contributed by atoms with Crippen molar-refractivity contribution in [2.45, 2.75) is 9.61 Å². The third-order valence-corrected chi connectivity index (χ3v) is 3.80. The van der Waals surface area contributed by atoms with Gasteiger partial charge in [-0.3, -0.25) is 0 Å². The largest absolute Gasteiger partial charge is 0.403 e. The maximum Gasteiger partial charge on any atom is 0.375 e. The molecule has 2 aromatic carbocycles. The summed E-state index contributed by atoms with van der Waals surface area (Å²) in [4.78, 5) is 16.4. The van der Waals surface area contributed by atoms with Gasteiger partial charge in [0, 0.05) is 10.5 Å². The van der Waals surface area contributed by atoms with Crippen LogP contribution in [-0.4, -0.2) is 9.70 Å². The van der Waals surface area contributed by atoms with Crippen molar-refractivity contribution < 1.29 is 13.2 Å². The minimum absolute atomic E-state index is 0.0732. The molecule has 1 heterocycles. The Morgan fingerprint density at radius 3 is 2.68 bits per heavy atom. The van der Waals surface area contributed by atoms with Crippen LogP contribution in [0.25, 0.3) is 22.4 Å². The minimum atomic E-state index is -3.41. The van der Waals surface area contributed by atoms with Gasteiger partial charge in [0.1, 0.15) is 0 Å². The summed E-state index contributed by atoms with van der Waals surface area (Å²) in [5.41, 5.74) is 0.379. The van der Waals surface area contributed by atoms with E-state index < -0.39 is 10.3 Å². The topological polar surface area (TPSA) is 43.1 Å². The van der Waals surface area contributed by atoms with Gasteiger partial charge in [-0.25, -0.2) is 9.78 Å². The molecule has 0 atom stereocenters. The van der Waals surface area contributed by atoms with Gasteiger partial charge in [-0.2, -0.15) is 8.78 Å². The Morgan fingerprint density at radius 2 is 1.91 bits per heavy atom. The Kier molecular flexibility index (Phi) is 3.88. The zero-order chi connectivity index (χ0) is 15.7. The number of aromatic nitrogens is 1. The lowest BCUT2D eigenvalue weighted by atomic mass is 10.2. The van der Waals surface area contributed by atoms with E-state index in [0.29, 0.717) is 16.5 Å². The maximum absolute atomic E-state index is 12.9. The summed E-state index contributed by atoms with van der Waals surface area (Å²) < 4.78 is 27.5. The smallest absolute Gasteiger partial charge is 0.375 e. The van der Waals surface area contributed by atoms with Crippen molar-refractivity contribution in [3.8, 4) is 11.5 Å². The number of nitrogens with zero attached hydrogens (tertiary/aromatic N) is 1. The zero-order valence-corrected chi connectivity index (χ0v) is 12.5. The van der Waals surface area contributed by atoms with Crippen molar-refractivity contribution in [2.75, 3.05) is 0 Å². The van der Waals surface area contributed by atoms with E-state index in [4.69, 9.17) is 16.0 Å². The number of halogens is 3. The van der Waals surface area contributed by atoms with Crippen molar-refractivity contribution in [1.82, 2.24) is 4.98 Å². The molecule has 0 aliphatic rings. The van der Waals surface area contributed by atoms with E-state index in [-0.39, 0.29) is 22.5 Å². The number of benzene rings is 2. The number of alkyl halides is 3. The minimum Gasteiger partial charge on any atom is -0.403 e. The van der Waals surface area contributed by atoms with Crippen LogP contribution in [0.5, 0.6) is 0 Å². The molecule has 7 heteroatoms. The molecule has 0 amide bonds. The standard InChI is InChI=1S/C15H8ClF2NO2S/c16-15(17,18)22-10-5-3-4-9(8-10)13-19-12-7-2-1-6-11(12)14(20)21-13/h1-8H. The van der Waals surface area contributed by atoms with Crippen LogP contribution < -0.4 is 5.63 Å². The average molecular weight is 340 g/mol. The Morgan fingerprint density at radius 1 is 1.14 bits per heavy atom. The summed E-state index contributed by atoms with van der Waals surface area (Å²) in [6.45, 7) is 0. The van der Waals surface area contributed by atoms with Crippen LogP contribution in [-0.2, 0) is 0 Å². The van der Waals surface area contributed by atoms with Gasteiger partial charge in [0.05, 0.1) is 10.9 Å². The van der Waals surface area contributed by atoms with E-state index in [2.05, 4.69) is 4.98 Å². The van der Waals surface area contributed by atoms with Crippen molar-refractivity contribution in [3.63, 3.8) is 0 Å². The summed E-state index contributed by atoms with van der Waals surface area (Å²) in [7, 11) is 0. The number of thioether (sulfide) groups is 1. The van der Waals surface area contributed by atoms with Gasteiger partial charge in [0.15, 0.2) is 0 Å². The Hall–Kier alpha value is -1.92. The van der Waals surface area contributed by atoms with Gasteiger partial charge in [-0.05, 0) is 53.7 Å². The molecule has 0 saturated heterocycles. The van der Waals surface area contributed by atoms with Crippen molar-refractivity contribution in [1.29, 1.82) is 0 Å². The molecule has 112 valence electrons. The van der Waals surface area contributed by atoms with E-state index >= 15 is 0 Å². The summed E-state index contributed by atoms with van der Waals surface area (Å²) >= 11 is 5.11. The van der Waals surface area contributed by atoms with Crippen LogP contribution in [0, 0.1) is 0 Å². The van der Waals surface area contributed by atoms with Crippen LogP contribution in [0.4, 0.5) is 8.78 Å². The highest BCUT2D eigenvalue weighted by Gasteiger charge is 2.26. The summed E-state index contributed by atoms with van der Waals surface area (Å²) in [5, 5.41) is 0.365. The van der Waals surface area contributed by atoms with E-state index in [0.717, 1.165) is 0 Å². The lowest BCUT2D eigenvalue weighted by Gasteiger charge is -2.08. The fraction of sp³-hybridized carbons (Fsp3) is 0.0667. The van der Waals surface area contributed by atoms with E-state index in [1.54, 1.807) is 36.4 Å². The Balaban J connectivity index is 2.08. The molecule has 0 bridgehead atoms. The predicted molar refractivity (Wildman–Crippen MR) is 82.4 cm³/mol. The molecule has 0 fully saturated rings. The molecule has 0 saturated carbocycles. The summed E-state index contributed by atoms with van der Waals surface area (Å²) in [5.74, 6) is 0.0732. The second-order valence-corrected chi connectivity index (χ2v) is 6.29. The quantitative estimate of drug-likeness (QED) is 0.511. The lowest BCUT2D eigenvalue weighted by molar-refractivity contribution is 0.203. The summed E-state index contributed by atoms with van der Waals surface area (Å²) in [6, 6.07) is 12.9. The second-order valence-electron chi connectivity index (χ2n) is 4.40. The summed E-state index contributed by atoms with van der Waals surface area (Å²) in [6.07, 6.45) is 0. The molecule has 0 spiro atoms. The van der Waals surface area contributed by atoms with Crippen LogP contribution in [0.15, 0.2) is 62.6 Å². The number of fused-ring (bicyclic) bond motifs is 1. The highest BCUT2D eigenvalue weighted by Crippen LogP contribution is 2.39. The first-order chi connectivity index (χ1) is 10.4. The first kappa shape index (κ1) is 15.0. The first-order valence-corrected chi connectivity index (χ1v) is 7.38. The molecule has 0 N–H and O–H groups in total. The number of hydrogen-bond acceptors (Lipinski definition) is 4. The second kappa shape index (κ2) is 5.70.